The lowest BCUT2D eigenvalue weighted by molar-refractivity contribution is 0.454. The molecule has 0 aliphatic heterocycles. The fourth-order valence-electron chi connectivity index (χ4n) is 12.9. The highest BCUT2D eigenvalue weighted by Gasteiger charge is 2.60. The third-order valence-electron chi connectivity index (χ3n) is 15.6. The van der Waals surface area contributed by atoms with Gasteiger partial charge in [0, 0.05) is 28.4 Å². The van der Waals surface area contributed by atoms with Gasteiger partial charge in [0.25, 0.3) is 0 Å². The molecule has 13 rings (SSSR count). The van der Waals surface area contributed by atoms with Gasteiger partial charge in [-0.05, 0) is 132 Å². The average Bonchev–Trinajstić information content (AvgIpc) is 3.82. The Balaban J connectivity index is 0.979. The predicted octanol–water partition coefficient (Wildman–Crippen LogP) is 16.1. The Labute approximate surface area is 388 Å². The Bertz CT molecular complexity index is 3410. The highest BCUT2D eigenvalue weighted by atomic mass is 15.1. The van der Waals surface area contributed by atoms with E-state index in [4.69, 9.17) is 0 Å². The van der Waals surface area contributed by atoms with Gasteiger partial charge >= 0.3 is 0 Å². The van der Waals surface area contributed by atoms with Crippen LogP contribution in [0.25, 0.3) is 27.8 Å². The molecule has 0 spiro atoms. The number of hydrogen-bond acceptors (Lipinski definition) is 1. The summed E-state index contributed by atoms with van der Waals surface area (Å²) in [6.45, 7) is 4.72. The van der Waals surface area contributed by atoms with Crippen molar-refractivity contribution in [1.82, 2.24) is 0 Å². The molecule has 0 N–H and O–H groups in total. The normalized spacial score (nSPS) is 20.0. The van der Waals surface area contributed by atoms with Crippen molar-refractivity contribution in [1.29, 1.82) is 0 Å². The second-order valence-corrected chi connectivity index (χ2v) is 19.1. The van der Waals surface area contributed by atoms with Crippen LogP contribution in [-0.4, -0.2) is 0 Å². The zero-order chi connectivity index (χ0) is 44.0. The van der Waals surface area contributed by atoms with Crippen LogP contribution < -0.4 is 4.90 Å². The zero-order valence-electron chi connectivity index (χ0n) is 37.3. The first kappa shape index (κ1) is 38.7. The van der Waals surface area contributed by atoms with Crippen LogP contribution in [0.3, 0.4) is 0 Å². The standard InChI is InChI=1S/C65H49N/c1-63(2)56-31-14-12-28-52(56)54-41-40-51(43-61(54)63)66(49-26-10-5-11-27-49)50-38-36-44(37-39-50)45-20-18-25-48(42-45)64(46-21-6-3-7-22-46)58-33-16-17-34-59(58)65(47-23-8-4-9-24-47)57-32-15-13-29-53(57)55-30-19-35-60(64)62(55)65/h3-31,33-43,57H,32H2,1-2H3. The van der Waals surface area contributed by atoms with Crippen molar-refractivity contribution in [3.8, 4) is 22.3 Å². The topological polar surface area (TPSA) is 3.24 Å². The molecular formula is C65H49N. The van der Waals surface area contributed by atoms with Gasteiger partial charge in [-0.15, -0.1) is 0 Å². The summed E-state index contributed by atoms with van der Waals surface area (Å²) in [6, 6.07) is 84.6. The smallest absolute Gasteiger partial charge is 0.0708 e. The molecule has 3 unspecified atom stereocenters. The number of hydrogen-bond donors (Lipinski definition) is 0. The van der Waals surface area contributed by atoms with E-state index in [1.165, 1.54) is 83.5 Å². The molecule has 9 aromatic rings. The van der Waals surface area contributed by atoms with E-state index in [0.29, 0.717) is 0 Å². The lowest BCUT2D eigenvalue weighted by Gasteiger charge is -2.51. The number of rotatable bonds is 7. The van der Waals surface area contributed by atoms with E-state index in [9.17, 15) is 0 Å². The van der Waals surface area contributed by atoms with Crippen LogP contribution in [0.1, 0.15) is 75.9 Å². The van der Waals surface area contributed by atoms with Gasteiger partial charge in [-0.25, -0.2) is 0 Å². The molecule has 0 amide bonds. The van der Waals surface area contributed by atoms with E-state index in [1.54, 1.807) is 0 Å². The Morgan fingerprint density at radius 1 is 0.409 bits per heavy atom. The van der Waals surface area contributed by atoms with E-state index in [1.807, 2.05) is 0 Å². The van der Waals surface area contributed by atoms with Gasteiger partial charge in [0.15, 0.2) is 0 Å². The molecule has 0 heterocycles. The minimum atomic E-state index is -0.579. The highest BCUT2D eigenvalue weighted by Crippen LogP contribution is 2.67. The van der Waals surface area contributed by atoms with Crippen LogP contribution in [-0.2, 0) is 16.2 Å². The summed E-state index contributed by atoms with van der Waals surface area (Å²) in [5, 5.41) is 0. The third-order valence-corrected chi connectivity index (χ3v) is 15.6. The molecule has 4 aliphatic carbocycles. The van der Waals surface area contributed by atoms with Gasteiger partial charge in [-0.1, -0.05) is 214 Å². The molecule has 0 radical (unpaired) electrons. The summed E-state index contributed by atoms with van der Waals surface area (Å²) < 4.78 is 0. The first-order chi connectivity index (χ1) is 32.5. The summed E-state index contributed by atoms with van der Waals surface area (Å²) in [7, 11) is 0. The van der Waals surface area contributed by atoms with Gasteiger partial charge < -0.3 is 4.90 Å². The summed E-state index contributed by atoms with van der Waals surface area (Å²) in [5.41, 5.74) is 22.5. The molecule has 1 nitrogen and oxygen atoms in total. The molecule has 3 atom stereocenters. The molecule has 66 heavy (non-hydrogen) atoms. The van der Waals surface area contributed by atoms with Crippen molar-refractivity contribution in [2.45, 2.75) is 36.5 Å². The maximum atomic E-state index is 2.48. The number of anilines is 3. The fourth-order valence-corrected chi connectivity index (χ4v) is 12.9. The van der Waals surface area contributed by atoms with E-state index in [-0.39, 0.29) is 16.7 Å². The van der Waals surface area contributed by atoms with Crippen LogP contribution in [0.4, 0.5) is 17.1 Å². The van der Waals surface area contributed by atoms with Crippen LogP contribution in [0, 0.1) is 5.92 Å². The number of benzene rings is 9. The van der Waals surface area contributed by atoms with Gasteiger partial charge in [0.1, 0.15) is 0 Å². The largest absolute Gasteiger partial charge is 0.310 e. The van der Waals surface area contributed by atoms with Crippen molar-refractivity contribution >= 4 is 22.6 Å². The first-order valence-corrected chi connectivity index (χ1v) is 23.5. The quantitative estimate of drug-likeness (QED) is 0.154. The van der Waals surface area contributed by atoms with Crippen LogP contribution in [0.2, 0.25) is 0 Å². The minimum Gasteiger partial charge on any atom is -0.310 e. The van der Waals surface area contributed by atoms with E-state index in [2.05, 4.69) is 261 Å². The number of allylic oxidation sites excluding steroid dienone is 4. The van der Waals surface area contributed by atoms with Crippen LogP contribution in [0.5, 0.6) is 0 Å². The van der Waals surface area contributed by atoms with Crippen molar-refractivity contribution in [2.75, 3.05) is 4.90 Å². The fraction of sp³-hybridized carbons (Fsp3) is 0.108. The molecule has 1 heteroatoms. The van der Waals surface area contributed by atoms with Crippen molar-refractivity contribution in [3.05, 3.63) is 298 Å². The first-order valence-electron chi connectivity index (χ1n) is 23.5. The van der Waals surface area contributed by atoms with Gasteiger partial charge in [-0.3, -0.25) is 0 Å². The van der Waals surface area contributed by atoms with Crippen molar-refractivity contribution in [2.24, 2.45) is 5.92 Å². The molecule has 0 saturated carbocycles. The van der Waals surface area contributed by atoms with Gasteiger partial charge in [0.05, 0.1) is 10.8 Å². The second kappa shape index (κ2) is 14.6. The Morgan fingerprint density at radius 3 is 1.76 bits per heavy atom. The summed E-state index contributed by atoms with van der Waals surface area (Å²) in [4.78, 5) is 2.40. The van der Waals surface area contributed by atoms with Crippen molar-refractivity contribution in [3.63, 3.8) is 0 Å². The number of fused-ring (bicyclic) bond motifs is 8. The summed E-state index contributed by atoms with van der Waals surface area (Å²) >= 11 is 0. The third kappa shape index (κ3) is 5.29. The van der Waals surface area contributed by atoms with E-state index < -0.39 is 5.41 Å². The van der Waals surface area contributed by atoms with E-state index in [0.717, 1.165) is 23.5 Å². The Hall–Kier alpha value is -7.74. The maximum absolute atomic E-state index is 2.48. The molecular weight excluding hydrogens is 795 g/mol. The highest BCUT2D eigenvalue weighted by molar-refractivity contribution is 5.90. The van der Waals surface area contributed by atoms with Crippen LogP contribution in [0.15, 0.2) is 243 Å². The number of nitrogens with zero attached hydrogens (tertiary/aromatic N) is 1. The predicted molar refractivity (Wildman–Crippen MR) is 274 cm³/mol. The number of para-hydroxylation sites is 1. The molecule has 0 saturated heterocycles. The van der Waals surface area contributed by atoms with Crippen molar-refractivity contribution < 1.29 is 0 Å². The monoisotopic (exact) mass is 843 g/mol. The van der Waals surface area contributed by atoms with Gasteiger partial charge in [-0.2, -0.15) is 0 Å². The van der Waals surface area contributed by atoms with Gasteiger partial charge in [0.2, 0.25) is 0 Å². The second-order valence-electron chi connectivity index (χ2n) is 19.1. The molecule has 0 bridgehead atoms. The molecule has 9 aromatic carbocycles. The lowest BCUT2D eigenvalue weighted by Crippen LogP contribution is -2.46. The maximum Gasteiger partial charge on any atom is 0.0708 e. The molecule has 4 aliphatic rings. The SMILES string of the molecule is CC1(C)c2ccccc2-c2ccc(N(c3ccccc3)c3ccc(-c4cccc(C5(c6ccccc6)c6ccccc6C6(c7ccccc7)c7c(cccc75)C5=CC=CCC56)c4)cc3)cc21. The molecule has 0 fully saturated rings. The molecule has 0 aromatic heterocycles. The Morgan fingerprint density at radius 2 is 0.985 bits per heavy atom. The zero-order valence-corrected chi connectivity index (χ0v) is 37.3. The summed E-state index contributed by atoms with van der Waals surface area (Å²) in [5.74, 6) is 0.288. The minimum absolute atomic E-state index is 0.0926. The Kier molecular flexibility index (Phi) is 8.58. The summed E-state index contributed by atoms with van der Waals surface area (Å²) in [6.07, 6.45) is 8.04. The lowest BCUT2D eigenvalue weighted by atomic mass is 9.50. The van der Waals surface area contributed by atoms with Crippen LogP contribution >= 0.6 is 0 Å². The van der Waals surface area contributed by atoms with E-state index >= 15 is 0 Å². The average molecular weight is 844 g/mol. The molecule has 314 valence electrons.